The Morgan fingerprint density at radius 2 is 1.33 bits per heavy atom. The molecule has 0 atom stereocenters. The van der Waals surface area contributed by atoms with E-state index in [2.05, 4.69) is 0 Å². The second kappa shape index (κ2) is 11.2. The number of unbranched alkanes of at least 4 members (excludes halogenated alkanes) is 8. The lowest BCUT2D eigenvalue weighted by atomic mass is 10.1. The molecular weight excluding hydrogens is 192 g/mol. The molecule has 3 heteroatoms. The van der Waals surface area contributed by atoms with E-state index in [1.54, 1.807) is 0 Å². The van der Waals surface area contributed by atoms with E-state index in [0.717, 1.165) is 32.1 Å². The molecule has 0 aliphatic carbocycles. The summed E-state index contributed by atoms with van der Waals surface area (Å²) < 4.78 is 0. The van der Waals surface area contributed by atoms with Gasteiger partial charge >= 0.3 is 5.97 Å². The summed E-state index contributed by atoms with van der Waals surface area (Å²) in [5.41, 5.74) is 0. The van der Waals surface area contributed by atoms with Gasteiger partial charge in [0.15, 0.2) is 6.29 Å². The minimum Gasteiger partial charge on any atom is -0.481 e. The zero-order chi connectivity index (χ0) is 11.4. The van der Waals surface area contributed by atoms with Crippen LogP contribution in [0.2, 0.25) is 0 Å². The van der Waals surface area contributed by atoms with E-state index in [1.165, 1.54) is 19.3 Å². The van der Waals surface area contributed by atoms with E-state index in [4.69, 9.17) is 5.11 Å². The SMILES string of the molecule is O=[C]CCCCCCCCCCC(=O)O. The molecule has 0 aromatic heterocycles. The molecular formula is C12H21O3. The van der Waals surface area contributed by atoms with Crippen molar-refractivity contribution in [3.05, 3.63) is 0 Å². The quantitative estimate of drug-likeness (QED) is 0.536. The molecule has 0 unspecified atom stereocenters. The zero-order valence-corrected chi connectivity index (χ0v) is 9.33. The summed E-state index contributed by atoms with van der Waals surface area (Å²) in [5.74, 6) is -0.694. The number of hydrogen-bond donors (Lipinski definition) is 1. The highest BCUT2D eigenvalue weighted by atomic mass is 16.4. The van der Waals surface area contributed by atoms with Crippen molar-refractivity contribution in [2.24, 2.45) is 0 Å². The molecule has 0 saturated carbocycles. The summed E-state index contributed by atoms with van der Waals surface area (Å²) in [6.45, 7) is 0. The first-order valence-electron chi connectivity index (χ1n) is 5.84. The molecule has 0 aliphatic heterocycles. The minimum absolute atomic E-state index is 0.301. The van der Waals surface area contributed by atoms with Crippen LogP contribution in [-0.4, -0.2) is 17.4 Å². The fourth-order valence-corrected chi connectivity index (χ4v) is 1.53. The highest BCUT2D eigenvalue weighted by Gasteiger charge is 1.96. The monoisotopic (exact) mass is 213 g/mol. The van der Waals surface area contributed by atoms with Crippen molar-refractivity contribution in [1.29, 1.82) is 0 Å². The molecule has 3 nitrogen and oxygen atoms in total. The fraction of sp³-hybridized carbons (Fsp3) is 0.833. The molecule has 1 radical (unpaired) electrons. The summed E-state index contributed by atoms with van der Waals surface area (Å²) in [5, 5.41) is 8.41. The van der Waals surface area contributed by atoms with Gasteiger partial charge in [0, 0.05) is 12.8 Å². The molecule has 0 bridgehead atoms. The Bertz CT molecular complexity index is 166. The summed E-state index contributed by atoms with van der Waals surface area (Å²) in [6.07, 6.45) is 11.4. The first kappa shape index (κ1) is 14.1. The Morgan fingerprint density at radius 1 is 0.867 bits per heavy atom. The minimum atomic E-state index is -0.694. The predicted molar refractivity (Wildman–Crippen MR) is 59.5 cm³/mol. The van der Waals surface area contributed by atoms with Crippen molar-refractivity contribution in [3.8, 4) is 0 Å². The lowest BCUT2D eigenvalue weighted by Gasteiger charge is -2.00. The second-order valence-corrected chi connectivity index (χ2v) is 3.87. The molecule has 0 amide bonds. The van der Waals surface area contributed by atoms with Crippen molar-refractivity contribution in [3.63, 3.8) is 0 Å². The zero-order valence-electron chi connectivity index (χ0n) is 9.33. The van der Waals surface area contributed by atoms with Crippen molar-refractivity contribution < 1.29 is 14.7 Å². The van der Waals surface area contributed by atoms with Gasteiger partial charge in [-0.1, -0.05) is 38.5 Å². The van der Waals surface area contributed by atoms with Gasteiger partial charge in [-0.15, -0.1) is 0 Å². The number of aliphatic carboxylic acids is 1. The van der Waals surface area contributed by atoms with Crippen LogP contribution in [0.1, 0.15) is 64.2 Å². The average molecular weight is 213 g/mol. The summed E-state index contributed by atoms with van der Waals surface area (Å²) in [4.78, 5) is 20.1. The van der Waals surface area contributed by atoms with Crippen LogP contribution in [-0.2, 0) is 9.59 Å². The fourth-order valence-electron chi connectivity index (χ4n) is 1.53. The van der Waals surface area contributed by atoms with Crippen molar-refractivity contribution in [2.75, 3.05) is 0 Å². The molecule has 87 valence electrons. The number of carboxylic acid groups (broad SMARTS) is 1. The highest BCUT2D eigenvalue weighted by molar-refractivity contribution is 5.66. The van der Waals surface area contributed by atoms with Crippen LogP contribution in [0.5, 0.6) is 0 Å². The van der Waals surface area contributed by atoms with Crippen LogP contribution in [0.25, 0.3) is 0 Å². The first-order chi connectivity index (χ1) is 7.27. The molecule has 0 heterocycles. The van der Waals surface area contributed by atoms with Crippen LogP contribution in [0.3, 0.4) is 0 Å². The normalized spacial score (nSPS) is 10.1. The topological polar surface area (TPSA) is 54.4 Å². The molecule has 0 fully saturated rings. The van der Waals surface area contributed by atoms with Crippen LogP contribution in [0.15, 0.2) is 0 Å². The van der Waals surface area contributed by atoms with Gasteiger partial charge in [-0.05, 0) is 12.8 Å². The number of hydrogen-bond acceptors (Lipinski definition) is 2. The van der Waals surface area contributed by atoms with Gasteiger partial charge in [0.1, 0.15) is 0 Å². The van der Waals surface area contributed by atoms with Gasteiger partial charge in [0.25, 0.3) is 0 Å². The third-order valence-corrected chi connectivity index (χ3v) is 2.42. The molecule has 0 aromatic rings. The first-order valence-corrected chi connectivity index (χ1v) is 5.84. The van der Waals surface area contributed by atoms with Crippen molar-refractivity contribution in [1.82, 2.24) is 0 Å². The number of carbonyl (C=O) groups is 1. The average Bonchev–Trinajstić information content (AvgIpc) is 2.20. The van der Waals surface area contributed by atoms with Crippen LogP contribution >= 0.6 is 0 Å². The number of rotatable bonds is 11. The van der Waals surface area contributed by atoms with E-state index in [9.17, 15) is 9.59 Å². The third-order valence-electron chi connectivity index (χ3n) is 2.42. The molecule has 0 rings (SSSR count). The standard InChI is InChI=1S/C12H21O3/c13-11-9-7-5-3-1-2-4-6-8-10-12(14)15/h1-10H2,(H,14,15). The molecule has 1 N–H and O–H groups in total. The van der Waals surface area contributed by atoms with Crippen LogP contribution in [0.4, 0.5) is 0 Å². The largest absolute Gasteiger partial charge is 0.481 e. The third kappa shape index (κ3) is 13.1. The van der Waals surface area contributed by atoms with E-state index in [1.807, 2.05) is 6.29 Å². The lowest BCUT2D eigenvalue weighted by Crippen LogP contribution is -1.93. The van der Waals surface area contributed by atoms with Gasteiger partial charge in [0.05, 0.1) is 0 Å². The van der Waals surface area contributed by atoms with Crippen LogP contribution in [0, 0.1) is 0 Å². The van der Waals surface area contributed by atoms with E-state index < -0.39 is 5.97 Å². The van der Waals surface area contributed by atoms with Gasteiger partial charge in [0.2, 0.25) is 0 Å². The van der Waals surface area contributed by atoms with Crippen LogP contribution < -0.4 is 0 Å². The summed E-state index contributed by atoms with van der Waals surface area (Å²) >= 11 is 0. The van der Waals surface area contributed by atoms with Gasteiger partial charge < -0.3 is 5.11 Å². The lowest BCUT2D eigenvalue weighted by molar-refractivity contribution is -0.137. The van der Waals surface area contributed by atoms with Crippen molar-refractivity contribution >= 4 is 12.3 Å². The molecule has 0 aliphatic rings. The van der Waals surface area contributed by atoms with Crippen molar-refractivity contribution in [2.45, 2.75) is 64.2 Å². The molecule has 0 saturated heterocycles. The Labute approximate surface area is 91.9 Å². The van der Waals surface area contributed by atoms with Gasteiger partial charge in [-0.3, -0.25) is 9.59 Å². The Hall–Kier alpha value is -0.860. The predicted octanol–water partition coefficient (Wildman–Crippen LogP) is 3.08. The van der Waals surface area contributed by atoms with Gasteiger partial charge in [-0.25, -0.2) is 0 Å². The molecule has 15 heavy (non-hydrogen) atoms. The molecule has 0 aromatic carbocycles. The maximum Gasteiger partial charge on any atom is 0.303 e. The Morgan fingerprint density at radius 3 is 1.80 bits per heavy atom. The van der Waals surface area contributed by atoms with Gasteiger partial charge in [-0.2, -0.15) is 0 Å². The summed E-state index contributed by atoms with van der Waals surface area (Å²) in [6, 6.07) is 0. The summed E-state index contributed by atoms with van der Waals surface area (Å²) in [7, 11) is 0. The maximum absolute atomic E-state index is 10.2. The highest BCUT2D eigenvalue weighted by Crippen LogP contribution is 2.10. The Kier molecular flexibility index (Phi) is 10.6. The Balaban J connectivity index is 2.92. The smallest absolute Gasteiger partial charge is 0.303 e. The number of carbonyl (C=O) groups excluding carboxylic acids is 1. The maximum atomic E-state index is 10.2. The number of carboxylic acids is 1. The van der Waals surface area contributed by atoms with E-state index in [-0.39, 0.29) is 0 Å². The second-order valence-electron chi connectivity index (χ2n) is 3.87. The van der Waals surface area contributed by atoms with E-state index >= 15 is 0 Å². The molecule has 0 spiro atoms. The van der Waals surface area contributed by atoms with E-state index in [0.29, 0.717) is 12.8 Å².